The number of hydrogen-bond acceptors (Lipinski definition) is 2. The quantitative estimate of drug-likeness (QED) is 0.644. The number of rotatable bonds is 3. The molecule has 1 N–H and O–H groups in total. The number of phenolic OH excluding ortho intramolecular Hbond substituents is 1. The Hall–Kier alpha value is -2.10. The number of halogens is 2. The van der Waals surface area contributed by atoms with Gasteiger partial charge in [0.25, 0.3) is 0 Å². The minimum absolute atomic E-state index is 0.236. The van der Waals surface area contributed by atoms with Crippen LogP contribution in [0.2, 0.25) is 0 Å². The third kappa shape index (κ3) is 4.60. The molecule has 2 aromatic rings. The maximum absolute atomic E-state index is 14.5. The minimum Gasteiger partial charge on any atom is -0.507 e. The lowest BCUT2D eigenvalue weighted by molar-refractivity contribution is 0.219. The van der Waals surface area contributed by atoms with Gasteiger partial charge in [0.15, 0.2) is 17.4 Å². The van der Waals surface area contributed by atoms with Crippen molar-refractivity contribution < 1.29 is 18.6 Å². The summed E-state index contributed by atoms with van der Waals surface area (Å²) in [5.74, 6) is -1.60. The van der Waals surface area contributed by atoms with Crippen molar-refractivity contribution in [3.05, 3.63) is 47.0 Å². The Balaban J connectivity index is 2.72. The maximum Gasteiger partial charge on any atom is 0.191 e. The molecule has 27 heavy (non-hydrogen) atoms. The standard InChI is InChI=1S/C23H30F2O2/c1-13(2)27-21-18(24)11-15(12-19(21)25)14-9-16(22(3,4)5)20(26)17(10-14)23(6,7)8/h9-13,26H,1-8H3. The molecule has 0 aliphatic heterocycles. The first kappa shape index (κ1) is 21.2. The summed E-state index contributed by atoms with van der Waals surface area (Å²) in [7, 11) is 0. The van der Waals surface area contributed by atoms with Crippen LogP contribution in [0.1, 0.15) is 66.5 Å². The van der Waals surface area contributed by atoms with Gasteiger partial charge in [0.2, 0.25) is 0 Å². The second-order valence-electron chi connectivity index (χ2n) is 9.36. The summed E-state index contributed by atoms with van der Waals surface area (Å²) in [5.41, 5.74) is 1.92. The molecule has 0 amide bonds. The molecule has 2 rings (SSSR count). The van der Waals surface area contributed by atoms with Crippen LogP contribution in [-0.2, 0) is 10.8 Å². The summed E-state index contributed by atoms with van der Waals surface area (Å²) < 4.78 is 34.2. The molecule has 0 bridgehead atoms. The fourth-order valence-electron chi connectivity index (χ4n) is 3.02. The van der Waals surface area contributed by atoms with E-state index in [9.17, 15) is 13.9 Å². The van der Waals surface area contributed by atoms with E-state index in [0.717, 1.165) is 11.1 Å². The van der Waals surface area contributed by atoms with E-state index in [1.807, 2.05) is 53.7 Å². The van der Waals surface area contributed by atoms with Gasteiger partial charge in [-0.25, -0.2) is 8.78 Å². The van der Waals surface area contributed by atoms with Crippen LogP contribution in [0.5, 0.6) is 11.5 Å². The van der Waals surface area contributed by atoms with Crippen molar-refractivity contribution in [2.45, 2.75) is 72.3 Å². The minimum atomic E-state index is -0.735. The maximum atomic E-state index is 14.5. The largest absolute Gasteiger partial charge is 0.507 e. The van der Waals surface area contributed by atoms with Gasteiger partial charge in [-0.1, -0.05) is 41.5 Å². The third-order valence-corrected chi connectivity index (χ3v) is 4.41. The van der Waals surface area contributed by atoms with Gasteiger partial charge in [-0.3, -0.25) is 0 Å². The van der Waals surface area contributed by atoms with Gasteiger partial charge in [0.1, 0.15) is 5.75 Å². The predicted molar refractivity (Wildman–Crippen MR) is 107 cm³/mol. The zero-order valence-corrected chi connectivity index (χ0v) is 17.5. The number of ether oxygens (including phenoxy) is 1. The zero-order chi connectivity index (χ0) is 20.7. The first-order chi connectivity index (χ1) is 12.2. The second kappa shape index (κ2) is 7.14. The molecule has 2 nitrogen and oxygen atoms in total. The van der Waals surface area contributed by atoms with Crippen molar-refractivity contribution in [1.29, 1.82) is 0 Å². The molecule has 0 aromatic heterocycles. The Bertz CT molecular complexity index is 782. The molecule has 0 unspecified atom stereocenters. The van der Waals surface area contributed by atoms with E-state index in [2.05, 4.69) is 0 Å². The lowest BCUT2D eigenvalue weighted by atomic mass is 9.78. The van der Waals surface area contributed by atoms with Gasteiger partial charge >= 0.3 is 0 Å². The average Bonchev–Trinajstić information content (AvgIpc) is 2.48. The summed E-state index contributed by atoms with van der Waals surface area (Å²) in [4.78, 5) is 0. The normalized spacial score (nSPS) is 12.6. The zero-order valence-electron chi connectivity index (χ0n) is 17.5. The van der Waals surface area contributed by atoms with Crippen LogP contribution < -0.4 is 4.74 Å². The highest BCUT2D eigenvalue weighted by Gasteiger charge is 2.27. The van der Waals surface area contributed by atoms with E-state index >= 15 is 0 Å². The summed E-state index contributed by atoms with van der Waals surface area (Å²) in [6.07, 6.45) is -0.325. The van der Waals surface area contributed by atoms with E-state index in [1.165, 1.54) is 12.1 Å². The van der Waals surface area contributed by atoms with Gasteiger partial charge in [0, 0.05) is 11.1 Å². The fourth-order valence-corrected chi connectivity index (χ4v) is 3.02. The van der Waals surface area contributed by atoms with Crippen molar-refractivity contribution in [3.63, 3.8) is 0 Å². The van der Waals surface area contributed by atoms with E-state index in [1.54, 1.807) is 13.8 Å². The van der Waals surface area contributed by atoms with E-state index < -0.39 is 11.6 Å². The molecule has 4 heteroatoms. The Morgan fingerprint density at radius 2 is 1.15 bits per heavy atom. The molecular weight excluding hydrogens is 346 g/mol. The van der Waals surface area contributed by atoms with Gasteiger partial charge < -0.3 is 9.84 Å². The van der Waals surface area contributed by atoms with Crippen LogP contribution in [0.4, 0.5) is 8.78 Å². The van der Waals surface area contributed by atoms with Crippen LogP contribution in [0.25, 0.3) is 11.1 Å². The molecule has 0 radical (unpaired) electrons. The highest BCUT2D eigenvalue weighted by atomic mass is 19.1. The molecule has 0 saturated carbocycles. The van der Waals surface area contributed by atoms with Crippen molar-refractivity contribution in [1.82, 2.24) is 0 Å². The Labute approximate surface area is 161 Å². The topological polar surface area (TPSA) is 29.5 Å². The number of benzene rings is 2. The average molecular weight is 376 g/mol. The Morgan fingerprint density at radius 1 is 0.778 bits per heavy atom. The molecule has 0 saturated heterocycles. The lowest BCUT2D eigenvalue weighted by Gasteiger charge is -2.28. The lowest BCUT2D eigenvalue weighted by Crippen LogP contribution is -2.17. The van der Waals surface area contributed by atoms with Gasteiger partial charge in [-0.15, -0.1) is 0 Å². The molecule has 0 aliphatic rings. The van der Waals surface area contributed by atoms with Crippen molar-refractivity contribution in [3.8, 4) is 22.6 Å². The summed E-state index contributed by atoms with van der Waals surface area (Å²) in [5, 5.41) is 10.8. The highest BCUT2D eigenvalue weighted by Crippen LogP contribution is 2.42. The van der Waals surface area contributed by atoms with Crippen molar-refractivity contribution in [2.75, 3.05) is 0 Å². The van der Waals surface area contributed by atoms with Crippen LogP contribution in [0.15, 0.2) is 24.3 Å². The SMILES string of the molecule is CC(C)Oc1c(F)cc(-c2cc(C(C)(C)C)c(O)c(C(C)(C)C)c2)cc1F. The summed E-state index contributed by atoms with van der Waals surface area (Å²) in [6.45, 7) is 15.4. The molecule has 0 spiro atoms. The third-order valence-electron chi connectivity index (χ3n) is 4.41. The fraction of sp³-hybridized carbons (Fsp3) is 0.478. The van der Waals surface area contributed by atoms with Crippen molar-refractivity contribution in [2.24, 2.45) is 0 Å². The summed E-state index contributed by atoms with van der Waals surface area (Å²) >= 11 is 0. The van der Waals surface area contributed by atoms with Gasteiger partial charge in [-0.05, 0) is 60.1 Å². The molecule has 0 fully saturated rings. The predicted octanol–water partition coefficient (Wildman–Crippen LogP) is 6.72. The van der Waals surface area contributed by atoms with E-state index in [-0.39, 0.29) is 28.4 Å². The van der Waals surface area contributed by atoms with Gasteiger partial charge in [0.05, 0.1) is 6.10 Å². The van der Waals surface area contributed by atoms with Crippen LogP contribution in [-0.4, -0.2) is 11.2 Å². The van der Waals surface area contributed by atoms with Crippen LogP contribution in [0, 0.1) is 11.6 Å². The van der Waals surface area contributed by atoms with Crippen LogP contribution in [0.3, 0.4) is 0 Å². The van der Waals surface area contributed by atoms with Crippen molar-refractivity contribution >= 4 is 0 Å². The molecule has 2 aromatic carbocycles. The molecule has 0 atom stereocenters. The van der Waals surface area contributed by atoms with E-state index in [0.29, 0.717) is 11.1 Å². The monoisotopic (exact) mass is 376 g/mol. The van der Waals surface area contributed by atoms with E-state index in [4.69, 9.17) is 4.74 Å². The molecule has 148 valence electrons. The van der Waals surface area contributed by atoms with Gasteiger partial charge in [-0.2, -0.15) is 0 Å². The first-order valence-electron chi connectivity index (χ1n) is 9.26. The summed E-state index contributed by atoms with van der Waals surface area (Å²) in [6, 6.07) is 6.18. The highest BCUT2D eigenvalue weighted by molar-refractivity contribution is 5.70. The number of phenols is 1. The Kier molecular flexibility index (Phi) is 5.61. The second-order valence-corrected chi connectivity index (χ2v) is 9.36. The first-order valence-corrected chi connectivity index (χ1v) is 9.26. The molecular formula is C23H30F2O2. The smallest absolute Gasteiger partial charge is 0.191 e. The molecule has 0 heterocycles. The number of aromatic hydroxyl groups is 1. The Morgan fingerprint density at radius 3 is 1.48 bits per heavy atom. The van der Waals surface area contributed by atoms with Crippen LogP contribution >= 0.6 is 0 Å². The molecule has 0 aliphatic carbocycles. The number of hydrogen-bond donors (Lipinski definition) is 1.